The number of nitrogens with zero attached hydrogens (tertiary/aromatic N) is 1. The van der Waals surface area contributed by atoms with Crippen molar-refractivity contribution in [2.45, 2.75) is 12.6 Å². The number of benzene rings is 2. The summed E-state index contributed by atoms with van der Waals surface area (Å²) in [6.07, 6.45) is -4.54. The van der Waals surface area contributed by atoms with Crippen molar-refractivity contribution in [3.05, 3.63) is 81.4 Å². The Morgan fingerprint density at radius 2 is 1.84 bits per heavy atom. The summed E-state index contributed by atoms with van der Waals surface area (Å²) in [6, 6.07) is 9.02. The van der Waals surface area contributed by atoms with Crippen molar-refractivity contribution in [1.29, 1.82) is 0 Å². The third-order valence-corrected chi connectivity index (χ3v) is 5.30. The molecule has 0 unspecified atom stereocenters. The standard InChI is InChI=1S/C25H22F4N2O6/c1-31-20(15-9-16(25(27,28)29)12-17(26)10-15)13-19(21(32)23(31)34)22(33)30-7-4-8-37-18-6-3-5-14(11-18)24(35)36-2/h3,5-6,9-13,32H,4,7-8H2,1-2H3,(H,30,33). The summed E-state index contributed by atoms with van der Waals surface area (Å²) in [7, 11) is 2.42. The summed E-state index contributed by atoms with van der Waals surface area (Å²) in [5.41, 5.74) is -3.01. The second-order valence-electron chi connectivity index (χ2n) is 7.86. The normalized spacial score (nSPS) is 11.2. The highest BCUT2D eigenvalue weighted by atomic mass is 19.4. The fraction of sp³-hybridized carbons (Fsp3) is 0.240. The van der Waals surface area contributed by atoms with Crippen molar-refractivity contribution < 1.29 is 41.7 Å². The number of hydrogen-bond acceptors (Lipinski definition) is 6. The number of rotatable bonds is 8. The van der Waals surface area contributed by atoms with Gasteiger partial charge in [-0.15, -0.1) is 0 Å². The molecule has 3 rings (SSSR count). The van der Waals surface area contributed by atoms with E-state index >= 15 is 0 Å². The zero-order valence-corrected chi connectivity index (χ0v) is 19.7. The Kier molecular flexibility index (Phi) is 8.21. The van der Waals surface area contributed by atoms with Gasteiger partial charge >= 0.3 is 12.1 Å². The van der Waals surface area contributed by atoms with Crippen molar-refractivity contribution >= 4 is 11.9 Å². The van der Waals surface area contributed by atoms with Gasteiger partial charge in [-0.2, -0.15) is 13.2 Å². The highest BCUT2D eigenvalue weighted by Crippen LogP contribution is 2.33. The molecule has 0 radical (unpaired) electrons. The molecule has 2 aromatic carbocycles. The number of halogens is 4. The van der Waals surface area contributed by atoms with Crippen molar-refractivity contribution in [1.82, 2.24) is 9.88 Å². The van der Waals surface area contributed by atoms with Crippen LogP contribution in [0.2, 0.25) is 0 Å². The van der Waals surface area contributed by atoms with E-state index in [4.69, 9.17) is 4.74 Å². The molecule has 0 aliphatic heterocycles. The summed E-state index contributed by atoms with van der Waals surface area (Å²) < 4.78 is 64.3. The number of pyridine rings is 1. The Bertz CT molecular complexity index is 1380. The number of nitrogens with one attached hydrogen (secondary N) is 1. The van der Waals surface area contributed by atoms with Crippen LogP contribution >= 0.6 is 0 Å². The lowest BCUT2D eigenvalue weighted by Gasteiger charge is -2.15. The summed E-state index contributed by atoms with van der Waals surface area (Å²) in [5, 5.41) is 12.7. The molecule has 0 saturated carbocycles. The van der Waals surface area contributed by atoms with E-state index in [1.54, 1.807) is 18.2 Å². The monoisotopic (exact) mass is 522 g/mol. The number of alkyl halides is 3. The number of ether oxygens (including phenoxy) is 2. The van der Waals surface area contributed by atoms with E-state index in [9.17, 15) is 37.1 Å². The molecule has 0 saturated heterocycles. The van der Waals surface area contributed by atoms with Gasteiger partial charge in [0.25, 0.3) is 11.5 Å². The predicted molar refractivity (Wildman–Crippen MR) is 124 cm³/mol. The minimum absolute atomic E-state index is 0.0533. The first-order valence-corrected chi connectivity index (χ1v) is 10.8. The minimum atomic E-state index is -4.84. The third-order valence-electron chi connectivity index (χ3n) is 5.30. The van der Waals surface area contributed by atoms with Crippen LogP contribution in [0.25, 0.3) is 11.3 Å². The number of aromatic hydroxyl groups is 1. The van der Waals surface area contributed by atoms with Crippen molar-refractivity contribution in [3.8, 4) is 22.8 Å². The molecule has 12 heteroatoms. The van der Waals surface area contributed by atoms with Crippen molar-refractivity contribution in [3.63, 3.8) is 0 Å². The van der Waals surface area contributed by atoms with Gasteiger partial charge in [-0.05, 0) is 48.9 Å². The Morgan fingerprint density at radius 3 is 2.51 bits per heavy atom. The molecule has 0 aliphatic rings. The Labute approximate surface area is 208 Å². The van der Waals surface area contributed by atoms with Crippen LogP contribution in [0, 0.1) is 5.82 Å². The first-order chi connectivity index (χ1) is 17.4. The summed E-state index contributed by atoms with van der Waals surface area (Å²) in [5.74, 6) is -3.09. The van der Waals surface area contributed by atoms with E-state index in [0.29, 0.717) is 29.9 Å². The molecule has 0 fully saturated rings. The average Bonchev–Trinajstić information content (AvgIpc) is 2.86. The number of amides is 1. The van der Waals surface area contributed by atoms with Gasteiger partial charge in [-0.25, -0.2) is 9.18 Å². The predicted octanol–water partition coefficient (Wildman–Crippen LogP) is 3.90. The highest BCUT2D eigenvalue weighted by Gasteiger charge is 2.32. The molecule has 2 N–H and O–H groups in total. The lowest BCUT2D eigenvalue weighted by Crippen LogP contribution is -2.29. The third kappa shape index (κ3) is 6.46. The molecule has 196 valence electrons. The summed E-state index contributed by atoms with van der Waals surface area (Å²) >= 11 is 0. The zero-order valence-electron chi connectivity index (χ0n) is 19.7. The van der Waals surface area contributed by atoms with Gasteiger partial charge in [0.15, 0.2) is 5.75 Å². The maximum Gasteiger partial charge on any atom is 0.416 e. The van der Waals surface area contributed by atoms with E-state index < -0.39 is 46.3 Å². The zero-order chi connectivity index (χ0) is 27.3. The molecule has 3 aromatic rings. The van der Waals surface area contributed by atoms with Gasteiger partial charge in [-0.3, -0.25) is 9.59 Å². The lowest BCUT2D eigenvalue weighted by atomic mass is 10.0. The van der Waals surface area contributed by atoms with E-state index in [-0.39, 0.29) is 24.4 Å². The van der Waals surface area contributed by atoms with Gasteiger partial charge in [0, 0.05) is 19.2 Å². The van der Waals surface area contributed by atoms with Crippen molar-refractivity contribution in [2.24, 2.45) is 7.05 Å². The highest BCUT2D eigenvalue weighted by molar-refractivity contribution is 5.97. The Balaban J connectivity index is 1.72. The minimum Gasteiger partial charge on any atom is -0.502 e. The maximum absolute atomic E-state index is 13.9. The van der Waals surface area contributed by atoms with Crippen LogP contribution in [-0.2, 0) is 18.0 Å². The molecule has 37 heavy (non-hydrogen) atoms. The quantitative estimate of drug-likeness (QED) is 0.264. The van der Waals surface area contributed by atoms with Crippen molar-refractivity contribution in [2.75, 3.05) is 20.3 Å². The Hall–Kier alpha value is -4.35. The molecule has 1 heterocycles. The fourth-order valence-corrected chi connectivity index (χ4v) is 3.43. The van der Waals surface area contributed by atoms with E-state index in [1.165, 1.54) is 20.2 Å². The van der Waals surface area contributed by atoms with Crippen LogP contribution in [0.3, 0.4) is 0 Å². The van der Waals surface area contributed by atoms with Crippen LogP contribution in [-0.4, -0.2) is 41.8 Å². The van der Waals surface area contributed by atoms with Crippen LogP contribution < -0.4 is 15.6 Å². The van der Waals surface area contributed by atoms with Crippen LogP contribution in [0.15, 0.2) is 53.3 Å². The smallest absolute Gasteiger partial charge is 0.416 e. The van der Waals surface area contributed by atoms with Crippen LogP contribution in [0.5, 0.6) is 11.5 Å². The van der Waals surface area contributed by atoms with Crippen LogP contribution in [0.4, 0.5) is 17.6 Å². The lowest BCUT2D eigenvalue weighted by molar-refractivity contribution is -0.137. The largest absolute Gasteiger partial charge is 0.502 e. The van der Waals surface area contributed by atoms with Gasteiger partial charge < -0.3 is 24.5 Å². The molecule has 0 spiro atoms. The molecule has 0 aliphatic carbocycles. The molecular formula is C25H22F4N2O6. The number of esters is 1. The Morgan fingerprint density at radius 1 is 1.11 bits per heavy atom. The number of carbonyl (C=O) groups excluding carboxylic acids is 2. The molecule has 0 atom stereocenters. The molecule has 1 aromatic heterocycles. The summed E-state index contributed by atoms with van der Waals surface area (Å²) in [4.78, 5) is 36.7. The number of carbonyl (C=O) groups is 2. The van der Waals surface area contributed by atoms with E-state index in [0.717, 1.165) is 16.7 Å². The first-order valence-electron chi connectivity index (χ1n) is 10.8. The van der Waals surface area contributed by atoms with Gasteiger partial charge in [0.2, 0.25) is 0 Å². The molecule has 1 amide bonds. The SMILES string of the molecule is COC(=O)c1cccc(OCCCNC(=O)c2cc(-c3cc(F)cc(C(F)(F)F)c3)n(C)c(=O)c2O)c1. The number of hydrogen-bond donors (Lipinski definition) is 2. The molecular weight excluding hydrogens is 500 g/mol. The number of aromatic nitrogens is 1. The van der Waals surface area contributed by atoms with Gasteiger partial charge in [0.05, 0.1) is 36.1 Å². The van der Waals surface area contributed by atoms with Gasteiger partial charge in [-0.1, -0.05) is 6.07 Å². The van der Waals surface area contributed by atoms with Crippen LogP contribution in [0.1, 0.15) is 32.7 Å². The fourth-order valence-electron chi connectivity index (χ4n) is 3.43. The number of methoxy groups -OCH3 is 1. The maximum atomic E-state index is 13.9. The summed E-state index contributed by atoms with van der Waals surface area (Å²) in [6.45, 7) is 0.194. The first kappa shape index (κ1) is 27.2. The second kappa shape index (κ2) is 11.1. The topological polar surface area (TPSA) is 107 Å². The second-order valence-corrected chi connectivity index (χ2v) is 7.86. The van der Waals surface area contributed by atoms with E-state index in [1.807, 2.05) is 0 Å². The van der Waals surface area contributed by atoms with Gasteiger partial charge in [0.1, 0.15) is 11.6 Å². The van der Waals surface area contributed by atoms with E-state index in [2.05, 4.69) is 10.1 Å². The average molecular weight is 522 g/mol. The molecule has 8 nitrogen and oxygen atoms in total. The molecule has 0 bridgehead atoms.